The Kier molecular flexibility index (Phi) is 5.78. The Morgan fingerprint density at radius 1 is 0.893 bits per heavy atom. The van der Waals surface area contributed by atoms with Crippen LogP contribution in [0.1, 0.15) is 5.56 Å². The van der Waals surface area contributed by atoms with Crippen LogP contribution in [-0.2, 0) is 11.3 Å². The van der Waals surface area contributed by atoms with Gasteiger partial charge in [0.2, 0.25) is 0 Å². The van der Waals surface area contributed by atoms with Gasteiger partial charge >= 0.3 is 6.09 Å². The Labute approximate surface area is 165 Å². The first kappa shape index (κ1) is 18.8. The lowest BCUT2D eigenvalue weighted by Crippen LogP contribution is -2.48. The lowest BCUT2D eigenvalue weighted by molar-refractivity contribution is 0.103. The number of benzene rings is 2. The monoisotopic (exact) mass is 381 g/mol. The molecule has 0 unspecified atom stereocenters. The van der Waals surface area contributed by atoms with Crippen molar-refractivity contribution in [2.45, 2.75) is 6.54 Å². The highest BCUT2D eigenvalue weighted by atomic mass is 16.5. The molecule has 2 aromatic carbocycles. The average molecular weight is 381 g/mol. The van der Waals surface area contributed by atoms with Crippen LogP contribution in [0.4, 0.5) is 10.5 Å². The normalized spacial score (nSPS) is 18.3. The molecule has 0 radical (unpaired) electrons. The van der Waals surface area contributed by atoms with Crippen LogP contribution in [0.3, 0.4) is 0 Å². The average Bonchev–Trinajstić information content (AvgIpc) is 2.75. The van der Waals surface area contributed by atoms with E-state index in [0.717, 1.165) is 45.9 Å². The summed E-state index contributed by atoms with van der Waals surface area (Å²) in [6.07, 6.45) is -0.819. The summed E-state index contributed by atoms with van der Waals surface area (Å²) in [6, 6.07) is 17.2. The summed E-state index contributed by atoms with van der Waals surface area (Å²) in [5, 5.41) is 9.16. The Morgan fingerprint density at radius 3 is 2.29 bits per heavy atom. The molecular formula is C22H27N3O3. The van der Waals surface area contributed by atoms with Gasteiger partial charge in [-0.15, -0.1) is 0 Å². The van der Waals surface area contributed by atoms with Crippen molar-refractivity contribution in [2.75, 3.05) is 57.4 Å². The van der Waals surface area contributed by atoms with Gasteiger partial charge in [-0.1, -0.05) is 42.5 Å². The molecule has 2 fully saturated rings. The molecule has 0 saturated carbocycles. The topological polar surface area (TPSA) is 56.2 Å². The van der Waals surface area contributed by atoms with Crippen LogP contribution < -0.4 is 4.90 Å². The van der Waals surface area contributed by atoms with E-state index in [-0.39, 0.29) is 0 Å². The third-order valence-corrected chi connectivity index (χ3v) is 5.58. The predicted molar refractivity (Wildman–Crippen MR) is 110 cm³/mol. The number of hydrogen-bond acceptors (Lipinski definition) is 4. The zero-order valence-electron chi connectivity index (χ0n) is 16.1. The largest absolute Gasteiger partial charge is 0.465 e. The van der Waals surface area contributed by atoms with Crippen molar-refractivity contribution >= 4 is 11.8 Å². The summed E-state index contributed by atoms with van der Waals surface area (Å²) < 4.78 is 5.55. The molecule has 6 nitrogen and oxygen atoms in total. The van der Waals surface area contributed by atoms with Gasteiger partial charge in [0, 0.05) is 51.5 Å². The minimum absolute atomic E-state index is 0.574. The van der Waals surface area contributed by atoms with Crippen molar-refractivity contribution in [3.8, 4) is 11.1 Å². The number of rotatable bonds is 4. The number of piperazine rings is 1. The summed E-state index contributed by atoms with van der Waals surface area (Å²) in [4.78, 5) is 17.4. The van der Waals surface area contributed by atoms with Crippen molar-refractivity contribution in [1.29, 1.82) is 0 Å². The zero-order chi connectivity index (χ0) is 19.3. The minimum atomic E-state index is -0.819. The highest BCUT2D eigenvalue weighted by Gasteiger charge is 2.22. The van der Waals surface area contributed by atoms with Gasteiger partial charge < -0.3 is 19.6 Å². The SMILES string of the molecule is O=C(O)N1CCN(Cc2ccc(-c3ccccc3)cc2N2CCOCC2)CC1. The lowest BCUT2D eigenvalue weighted by Gasteiger charge is -2.35. The molecule has 0 atom stereocenters. The number of nitrogens with zero attached hydrogens (tertiary/aromatic N) is 3. The Morgan fingerprint density at radius 2 is 1.61 bits per heavy atom. The van der Waals surface area contributed by atoms with Crippen LogP contribution in [0, 0.1) is 0 Å². The van der Waals surface area contributed by atoms with Gasteiger partial charge in [-0.2, -0.15) is 0 Å². The maximum Gasteiger partial charge on any atom is 0.407 e. The van der Waals surface area contributed by atoms with E-state index in [9.17, 15) is 4.79 Å². The molecule has 1 amide bonds. The fourth-order valence-electron chi connectivity index (χ4n) is 3.94. The number of anilines is 1. The zero-order valence-corrected chi connectivity index (χ0v) is 16.1. The van der Waals surface area contributed by atoms with Crippen LogP contribution >= 0.6 is 0 Å². The van der Waals surface area contributed by atoms with Crippen LogP contribution in [0.5, 0.6) is 0 Å². The molecule has 148 valence electrons. The van der Waals surface area contributed by atoms with Gasteiger partial charge in [-0.3, -0.25) is 4.90 Å². The number of amides is 1. The molecule has 4 rings (SSSR count). The molecule has 2 saturated heterocycles. The van der Waals surface area contributed by atoms with E-state index in [1.54, 1.807) is 0 Å². The number of carboxylic acid groups (broad SMARTS) is 1. The highest BCUT2D eigenvalue weighted by Crippen LogP contribution is 2.30. The third kappa shape index (κ3) is 4.29. The molecule has 2 aliphatic rings. The highest BCUT2D eigenvalue weighted by molar-refractivity contribution is 5.71. The molecule has 6 heteroatoms. The van der Waals surface area contributed by atoms with E-state index in [0.29, 0.717) is 13.1 Å². The van der Waals surface area contributed by atoms with Crippen molar-refractivity contribution in [3.63, 3.8) is 0 Å². The van der Waals surface area contributed by atoms with Crippen molar-refractivity contribution in [1.82, 2.24) is 9.80 Å². The van der Waals surface area contributed by atoms with Gasteiger partial charge in [0.05, 0.1) is 13.2 Å². The quantitative estimate of drug-likeness (QED) is 0.882. The van der Waals surface area contributed by atoms with E-state index < -0.39 is 6.09 Å². The lowest BCUT2D eigenvalue weighted by atomic mass is 10.0. The summed E-state index contributed by atoms with van der Waals surface area (Å²) in [5.41, 5.74) is 5.01. The first-order valence-electron chi connectivity index (χ1n) is 9.92. The molecule has 28 heavy (non-hydrogen) atoms. The molecule has 2 aliphatic heterocycles. The summed E-state index contributed by atoms with van der Waals surface area (Å²) in [7, 11) is 0. The first-order chi connectivity index (χ1) is 13.7. The number of carbonyl (C=O) groups is 1. The van der Waals surface area contributed by atoms with Crippen molar-refractivity contribution in [3.05, 3.63) is 54.1 Å². The summed E-state index contributed by atoms with van der Waals surface area (Å²) >= 11 is 0. The van der Waals surface area contributed by atoms with Gasteiger partial charge in [-0.25, -0.2) is 4.79 Å². The predicted octanol–water partition coefficient (Wildman–Crippen LogP) is 2.99. The Hall–Kier alpha value is -2.57. The minimum Gasteiger partial charge on any atom is -0.465 e. The van der Waals surface area contributed by atoms with Crippen LogP contribution in [-0.4, -0.2) is 73.5 Å². The van der Waals surface area contributed by atoms with Gasteiger partial charge in [-0.05, 0) is 22.8 Å². The van der Waals surface area contributed by atoms with Gasteiger partial charge in [0.25, 0.3) is 0 Å². The molecule has 1 N–H and O–H groups in total. The second-order valence-corrected chi connectivity index (χ2v) is 7.35. The van der Waals surface area contributed by atoms with E-state index in [2.05, 4.69) is 52.3 Å². The molecule has 2 aromatic rings. The van der Waals surface area contributed by atoms with Crippen molar-refractivity contribution < 1.29 is 14.6 Å². The van der Waals surface area contributed by atoms with Gasteiger partial charge in [0.1, 0.15) is 0 Å². The second kappa shape index (κ2) is 8.63. The number of ether oxygens (including phenoxy) is 1. The second-order valence-electron chi connectivity index (χ2n) is 7.35. The Bertz CT molecular complexity index is 798. The molecule has 0 spiro atoms. The molecular weight excluding hydrogens is 354 g/mol. The van der Waals surface area contributed by atoms with Crippen molar-refractivity contribution in [2.24, 2.45) is 0 Å². The standard InChI is InChI=1S/C22H27N3O3/c26-22(27)25-10-8-23(9-11-25)17-20-7-6-19(18-4-2-1-3-5-18)16-21(20)24-12-14-28-15-13-24/h1-7,16H,8-15,17H2,(H,26,27). The maximum absolute atomic E-state index is 11.1. The van der Waals surface area contributed by atoms with E-state index >= 15 is 0 Å². The van der Waals surface area contributed by atoms with E-state index in [1.807, 2.05) is 6.07 Å². The molecule has 0 aliphatic carbocycles. The Balaban J connectivity index is 1.56. The van der Waals surface area contributed by atoms with Crippen LogP contribution in [0.25, 0.3) is 11.1 Å². The third-order valence-electron chi connectivity index (χ3n) is 5.58. The molecule has 2 heterocycles. The first-order valence-corrected chi connectivity index (χ1v) is 9.92. The van der Waals surface area contributed by atoms with E-state index in [4.69, 9.17) is 9.84 Å². The number of morpholine rings is 1. The molecule has 0 aromatic heterocycles. The summed E-state index contributed by atoms with van der Waals surface area (Å²) in [5.74, 6) is 0. The van der Waals surface area contributed by atoms with Crippen LogP contribution in [0.2, 0.25) is 0 Å². The smallest absolute Gasteiger partial charge is 0.407 e. The fraction of sp³-hybridized carbons (Fsp3) is 0.409. The van der Waals surface area contributed by atoms with E-state index in [1.165, 1.54) is 27.3 Å². The fourth-order valence-corrected chi connectivity index (χ4v) is 3.94. The van der Waals surface area contributed by atoms with Gasteiger partial charge in [0.15, 0.2) is 0 Å². The van der Waals surface area contributed by atoms with Crippen LogP contribution in [0.15, 0.2) is 48.5 Å². The maximum atomic E-state index is 11.1. The summed E-state index contributed by atoms with van der Waals surface area (Å²) in [6.45, 7) is 6.85. The number of hydrogen-bond donors (Lipinski definition) is 1. The molecule has 0 bridgehead atoms.